The second-order valence-electron chi connectivity index (χ2n) is 6.07. The topological polar surface area (TPSA) is 52.9 Å². The van der Waals surface area contributed by atoms with E-state index in [1.54, 1.807) is 18.2 Å². The molecule has 0 bridgehead atoms. The van der Waals surface area contributed by atoms with Crippen LogP contribution in [0.25, 0.3) is 0 Å². The maximum atomic E-state index is 11.5. The Hall–Kier alpha value is -2.40. The number of hydrogen-bond donors (Lipinski definition) is 1. The largest absolute Gasteiger partial charge is 0.508 e. The van der Waals surface area contributed by atoms with Crippen molar-refractivity contribution in [3.8, 4) is 5.75 Å². The quantitative estimate of drug-likeness (QED) is 0.752. The molecule has 0 saturated heterocycles. The maximum Gasteiger partial charge on any atom is 0.154 e. The van der Waals surface area contributed by atoms with Gasteiger partial charge in [0.05, 0.1) is 11.8 Å². The number of benzene rings is 2. The number of phenols is 1. The summed E-state index contributed by atoms with van der Waals surface area (Å²) in [5, 5.41) is 16.8. The predicted molar refractivity (Wildman–Crippen MR) is 102 cm³/mol. The van der Waals surface area contributed by atoms with E-state index in [1.165, 1.54) is 6.92 Å². The number of hydrogen-bond acceptors (Lipinski definition) is 4. The van der Waals surface area contributed by atoms with E-state index < -0.39 is 0 Å². The minimum Gasteiger partial charge on any atom is -0.508 e. The number of halogens is 1. The smallest absolute Gasteiger partial charge is 0.154 e. The van der Waals surface area contributed by atoms with Crippen molar-refractivity contribution in [1.29, 1.82) is 0 Å². The lowest BCUT2D eigenvalue weighted by Gasteiger charge is -2.24. The van der Waals surface area contributed by atoms with Gasteiger partial charge in [0, 0.05) is 28.2 Å². The van der Waals surface area contributed by atoms with Crippen LogP contribution in [-0.2, 0) is 4.79 Å². The van der Waals surface area contributed by atoms with Crippen LogP contribution in [0.5, 0.6) is 5.75 Å². The first kappa shape index (κ1) is 17.4. The summed E-state index contributed by atoms with van der Waals surface area (Å²) in [6.45, 7) is 3.39. The molecule has 5 heteroatoms. The monoisotopic (exact) mass is 398 g/mol. The van der Waals surface area contributed by atoms with Crippen molar-refractivity contribution in [2.75, 3.05) is 0 Å². The van der Waals surface area contributed by atoms with Crippen molar-refractivity contribution in [3.63, 3.8) is 0 Å². The minimum absolute atomic E-state index is 0.0270. The Balaban J connectivity index is 2.02. The molecule has 0 spiro atoms. The number of carbonyl (C=O) groups excluding carboxylic acids is 1. The number of hydrazone groups is 1. The van der Waals surface area contributed by atoms with E-state index in [4.69, 9.17) is 5.10 Å². The van der Waals surface area contributed by atoms with Crippen LogP contribution >= 0.6 is 15.9 Å². The molecule has 0 fully saturated rings. The number of nitrogens with zero attached hydrogens (tertiary/aromatic N) is 2. The van der Waals surface area contributed by atoms with Gasteiger partial charge in [-0.1, -0.05) is 46.3 Å². The number of para-hydroxylation sites is 1. The Morgan fingerprint density at radius 2 is 1.88 bits per heavy atom. The highest BCUT2D eigenvalue weighted by Crippen LogP contribution is 2.39. The van der Waals surface area contributed by atoms with Crippen LogP contribution in [0.1, 0.15) is 37.4 Å². The molecule has 0 aliphatic carbocycles. The molecular formula is C20H19BrN2O2. The van der Waals surface area contributed by atoms with Crippen LogP contribution in [0.4, 0.5) is 0 Å². The first-order chi connectivity index (χ1) is 12.0. The number of rotatable bonds is 4. The lowest BCUT2D eigenvalue weighted by Crippen LogP contribution is -2.18. The molecule has 1 atom stereocenters. The van der Waals surface area contributed by atoms with Gasteiger partial charge >= 0.3 is 0 Å². The van der Waals surface area contributed by atoms with Gasteiger partial charge in [-0.05, 0) is 37.6 Å². The fourth-order valence-corrected chi connectivity index (χ4v) is 3.29. The van der Waals surface area contributed by atoms with E-state index in [9.17, 15) is 9.90 Å². The molecule has 0 unspecified atom stereocenters. The molecule has 1 aliphatic heterocycles. The van der Waals surface area contributed by atoms with Crippen LogP contribution in [-0.4, -0.2) is 21.6 Å². The first-order valence-corrected chi connectivity index (χ1v) is 8.84. The van der Waals surface area contributed by atoms with Crippen molar-refractivity contribution in [3.05, 3.63) is 75.9 Å². The molecule has 1 heterocycles. The van der Waals surface area contributed by atoms with Gasteiger partial charge in [-0.3, -0.25) is 9.80 Å². The number of allylic oxidation sites excluding steroid dienone is 2. The molecule has 25 heavy (non-hydrogen) atoms. The Morgan fingerprint density at radius 1 is 1.20 bits per heavy atom. The van der Waals surface area contributed by atoms with Gasteiger partial charge in [0.15, 0.2) is 5.78 Å². The summed E-state index contributed by atoms with van der Waals surface area (Å²) in [6.07, 6.45) is 2.23. The Kier molecular flexibility index (Phi) is 5.04. The van der Waals surface area contributed by atoms with Gasteiger partial charge < -0.3 is 5.11 Å². The van der Waals surface area contributed by atoms with Crippen molar-refractivity contribution in [2.24, 2.45) is 5.10 Å². The average Bonchev–Trinajstić information content (AvgIpc) is 3.00. The molecule has 0 aromatic heterocycles. The fourth-order valence-electron chi connectivity index (χ4n) is 3.02. The average molecular weight is 399 g/mol. The van der Waals surface area contributed by atoms with E-state index in [0.29, 0.717) is 6.42 Å². The summed E-state index contributed by atoms with van der Waals surface area (Å²) >= 11 is 3.44. The molecule has 0 radical (unpaired) electrons. The SMILES string of the molecule is CC(=O)/C=C(\C)N1N=C(c2ccc(Br)cc2)C[C@@H]1c1ccccc1O. The summed E-state index contributed by atoms with van der Waals surface area (Å²) in [6, 6.07) is 15.1. The second kappa shape index (κ2) is 7.23. The third kappa shape index (κ3) is 3.82. The molecule has 0 saturated carbocycles. The van der Waals surface area contributed by atoms with E-state index in [1.807, 2.05) is 48.3 Å². The van der Waals surface area contributed by atoms with Crippen molar-refractivity contribution >= 4 is 27.4 Å². The van der Waals surface area contributed by atoms with Crippen LogP contribution < -0.4 is 0 Å². The lowest BCUT2D eigenvalue weighted by molar-refractivity contribution is -0.112. The molecule has 1 aliphatic rings. The summed E-state index contributed by atoms with van der Waals surface area (Å²) < 4.78 is 1.01. The fraction of sp³-hybridized carbons (Fsp3) is 0.200. The Labute approximate surface area is 155 Å². The molecule has 2 aromatic rings. The summed E-state index contributed by atoms with van der Waals surface area (Å²) in [5.41, 5.74) is 3.52. The molecule has 3 rings (SSSR count). The van der Waals surface area contributed by atoms with Crippen LogP contribution in [0.3, 0.4) is 0 Å². The third-order valence-electron chi connectivity index (χ3n) is 4.16. The number of aromatic hydroxyl groups is 1. The normalized spacial score (nSPS) is 17.6. The van der Waals surface area contributed by atoms with Crippen molar-refractivity contribution < 1.29 is 9.90 Å². The third-order valence-corrected chi connectivity index (χ3v) is 4.69. The van der Waals surface area contributed by atoms with Crippen molar-refractivity contribution in [1.82, 2.24) is 5.01 Å². The first-order valence-electron chi connectivity index (χ1n) is 8.05. The van der Waals surface area contributed by atoms with Gasteiger partial charge in [-0.15, -0.1) is 0 Å². The molecule has 4 nitrogen and oxygen atoms in total. The van der Waals surface area contributed by atoms with E-state index >= 15 is 0 Å². The molecule has 2 aromatic carbocycles. The van der Waals surface area contributed by atoms with Crippen LogP contribution in [0.2, 0.25) is 0 Å². The molecule has 1 N–H and O–H groups in total. The number of ketones is 1. The molecular weight excluding hydrogens is 380 g/mol. The minimum atomic E-state index is -0.143. The molecule has 128 valence electrons. The van der Waals surface area contributed by atoms with Gasteiger partial charge in [-0.2, -0.15) is 5.10 Å². The van der Waals surface area contributed by atoms with Gasteiger partial charge in [0.1, 0.15) is 5.75 Å². The van der Waals surface area contributed by atoms with E-state index in [0.717, 1.165) is 27.0 Å². The summed E-state index contributed by atoms with van der Waals surface area (Å²) in [5.74, 6) is 0.209. The highest BCUT2D eigenvalue weighted by molar-refractivity contribution is 9.10. The summed E-state index contributed by atoms with van der Waals surface area (Å²) in [7, 11) is 0. The zero-order valence-corrected chi connectivity index (χ0v) is 15.7. The van der Waals surface area contributed by atoms with E-state index in [2.05, 4.69) is 15.9 Å². The second-order valence-corrected chi connectivity index (χ2v) is 6.99. The van der Waals surface area contributed by atoms with Crippen molar-refractivity contribution in [2.45, 2.75) is 26.3 Å². The predicted octanol–water partition coefficient (Wildman–Crippen LogP) is 4.80. The zero-order valence-electron chi connectivity index (χ0n) is 14.1. The Bertz CT molecular complexity index is 856. The van der Waals surface area contributed by atoms with Gasteiger partial charge in [-0.25, -0.2) is 0 Å². The standard InChI is InChI=1S/C20H19BrN2O2/c1-13(11-14(2)24)23-19(17-5-3-4-6-20(17)25)12-18(22-23)15-7-9-16(21)10-8-15/h3-11,19,25H,12H2,1-2H3/b13-11+/t19-/m1/s1. The Morgan fingerprint density at radius 3 is 2.52 bits per heavy atom. The molecule has 0 amide bonds. The maximum absolute atomic E-state index is 11.5. The van der Waals surface area contributed by atoms with Gasteiger partial charge in [0.25, 0.3) is 0 Å². The van der Waals surface area contributed by atoms with Crippen LogP contribution in [0, 0.1) is 0 Å². The van der Waals surface area contributed by atoms with Crippen LogP contribution in [0.15, 0.2) is 69.9 Å². The van der Waals surface area contributed by atoms with E-state index in [-0.39, 0.29) is 17.6 Å². The number of carbonyl (C=O) groups is 1. The lowest BCUT2D eigenvalue weighted by atomic mass is 9.97. The number of phenolic OH excluding ortho intramolecular Hbond substituents is 1. The highest BCUT2D eigenvalue weighted by atomic mass is 79.9. The zero-order chi connectivity index (χ0) is 18.0. The highest BCUT2D eigenvalue weighted by Gasteiger charge is 2.31. The van der Waals surface area contributed by atoms with Gasteiger partial charge in [0.2, 0.25) is 0 Å². The summed E-state index contributed by atoms with van der Waals surface area (Å²) in [4.78, 5) is 11.5.